The maximum Gasteiger partial charge on any atom is 0.415 e. The van der Waals surface area contributed by atoms with Crippen LogP contribution in [0.15, 0.2) is 59.3 Å². The molecule has 0 unspecified atom stereocenters. The molecule has 0 radical (unpaired) electrons. The SMILES string of the molecule is O=C(N[C@@H]1C2CCN(CC2)[C@H]1Cc1cccnc1)Oc1cc2ccccc2o1. The lowest BCUT2D eigenvalue weighted by atomic mass is 9.77. The zero-order chi connectivity index (χ0) is 18.9. The number of benzene rings is 1. The Balaban J connectivity index is 1.30. The van der Waals surface area contributed by atoms with Gasteiger partial charge in [-0.2, -0.15) is 0 Å². The molecule has 3 fully saturated rings. The number of fused-ring (bicyclic) bond motifs is 4. The first-order chi connectivity index (χ1) is 13.8. The van der Waals surface area contributed by atoms with E-state index in [4.69, 9.17) is 9.15 Å². The first kappa shape index (κ1) is 17.3. The highest BCUT2D eigenvalue weighted by Crippen LogP contribution is 2.34. The molecule has 0 saturated carbocycles. The summed E-state index contributed by atoms with van der Waals surface area (Å²) in [5, 5.41) is 4.05. The molecule has 3 aromatic rings. The van der Waals surface area contributed by atoms with E-state index < -0.39 is 6.09 Å². The largest absolute Gasteiger partial charge is 0.425 e. The van der Waals surface area contributed by atoms with Crippen molar-refractivity contribution < 1.29 is 13.9 Å². The van der Waals surface area contributed by atoms with E-state index in [1.807, 2.05) is 36.5 Å². The molecule has 6 rings (SSSR count). The standard InChI is InChI=1S/C22H23N3O3/c26-22(28-20-13-17-5-1-2-6-19(17)27-20)24-21-16-7-10-25(11-8-16)18(21)12-15-4-3-9-23-14-15/h1-6,9,13-14,16,18,21H,7-8,10-12H2,(H,24,26)/t18-,21+/m0/s1. The second kappa shape index (κ2) is 7.28. The van der Waals surface area contributed by atoms with Crippen LogP contribution in [0.4, 0.5) is 4.79 Å². The third-order valence-electron chi connectivity index (χ3n) is 6.01. The number of amides is 1. The van der Waals surface area contributed by atoms with Gasteiger partial charge in [-0.05, 0) is 56.0 Å². The van der Waals surface area contributed by atoms with E-state index in [9.17, 15) is 4.79 Å². The molecule has 6 heteroatoms. The molecular formula is C22H23N3O3. The van der Waals surface area contributed by atoms with Gasteiger partial charge in [-0.1, -0.05) is 24.3 Å². The summed E-state index contributed by atoms with van der Waals surface area (Å²) in [6, 6.07) is 13.8. The molecule has 3 aliphatic rings. The van der Waals surface area contributed by atoms with Gasteiger partial charge in [-0.3, -0.25) is 9.88 Å². The summed E-state index contributed by atoms with van der Waals surface area (Å²) in [5.74, 6) is 0.707. The number of rotatable bonds is 4. The average molecular weight is 377 g/mol. The van der Waals surface area contributed by atoms with Crippen molar-refractivity contribution in [1.82, 2.24) is 15.2 Å². The highest BCUT2D eigenvalue weighted by atomic mass is 16.6. The van der Waals surface area contributed by atoms with Gasteiger partial charge in [0.1, 0.15) is 5.58 Å². The van der Waals surface area contributed by atoms with Crippen LogP contribution in [-0.2, 0) is 6.42 Å². The second-order valence-corrected chi connectivity index (χ2v) is 7.67. The van der Waals surface area contributed by atoms with Gasteiger partial charge in [-0.25, -0.2) is 4.79 Å². The molecule has 5 heterocycles. The molecular weight excluding hydrogens is 354 g/mol. The van der Waals surface area contributed by atoms with Crippen molar-refractivity contribution in [1.29, 1.82) is 0 Å². The van der Waals surface area contributed by atoms with Crippen LogP contribution in [0.25, 0.3) is 11.0 Å². The Bertz CT molecular complexity index is 930. The summed E-state index contributed by atoms with van der Waals surface area (Å²) in [5.41, 5.74) is 1.90. The van der Waals surface area contributed by atoms with E-state index in [0.717, 1.165) is 37.7 Å². The number of aromatic nitrogens is 1. The van der Waals surface area contributed by atoms with Crippen molar-refractivity contribution in [3.63, 3.8) is 0 Å². The molecule has 1 aromatic carbocycles. The Morgan fingerprint density at radius 2 is 2.07 bits per heavy atom. The molecule has 0 aliphatic carbocycles. The van der Waals surface area contributed by atoms with Crippen LogP contribution in [0.3, 0.4) is 0 Å². The Kier molecular flexibility index (Phi) is 4.49. The highest BCUT2D eigenvalue weighted by Gasteiger charge is 2.43. The fourth-order valence-corrected chi connectivity index (χ4v) is 4.65. The molecule has 2 bridgehead atoms. The average Bonchev–Trinajstić information content (AvgIpc) is 3.13. The highest BCUT2D eigenvalue weighted by molar-refractivity contribution is 5.80. The molecule has 28 heavy (non-hydrogen) atoms. The minimum Gasteiger partial charge on any atom is -0.425 e. The maximum absolute atomic E-state index is 12.6. The number of pyridine rings is 1. The van der Waals surface area contributed by atoms with Crippen LogP contribution >= 0.6 is 0 Å². The number of para-hydroxylation sites is 1. The number of carbonyl (C=O) groups is 1. The zero-order valence-electron chi connectivity index (χ0n) is 15.6. The summed E-state index contributed by atoms with van der Waals surface area (Å²) in [6.45, 7) is 2.18. The number of ether oxygens (including phenoxy) is 1. The fraction of sp³-hybridized carbons (Fsp3) is 0.364. The van der Waals surface area contributed by atoms with Gasteiger partial charge in [0.05, 0.1) is 6.04 Å². The summed E-state index contributed by atoms with van der Waals surface area (Å²) >= 11 is 0. The van der Waals surface area contributed by atoms with Gasteiger partial charge in [0.15, 0.2) is 0 Å². The number of hydrogen-bond donors (Lipinski definition) is 1. The van der Waals surface area contributed by atoms with E-state index in [0.29, 0.717) is 11.5 Å². The van der Waals surface area contributed by atoms with Gasteiger partial charge >= 0.3 is 6.09 Å². The number of carbonyl (C=O) groups excluding carboxylic acids is 1. The molecule has 2 atom stereocenters. The topological polar surface area (TPSA) is 67.6 Å². The fourth-order valence-electron chi connectivity index (χ4n) is 4.65. The normalized spacial score (nSPS) is 26.3. The molecule has 2 aromatic heterocycles. The van der Waals surface area contributed by atoms with Crippen molar-refractivity contribution in [3.8, 4) is 5.95 Å². The maximum atomic E-state index is 12.6. The molecule has 1 N–H and O–H groups in total. The molecule has 0 spiro atoms. The first-order valence-corrected chi connectivity index (χ1v) is 9.86. The third kappa shape index (κ3) is 3.36. The van der Waals surface area contributed by atoms with Crippen LogP contribution in [0, 0.1) is 5.92 Å². The minimum atomic E-state index is -0.450. The van der Waals surface area contributed by atoms with E-state index in [1.54, 1.807) is 12.3 Å². The summed E-state index contributed by atoms with van der Waals surface area (Å²) in [4.78, 5) is 19.3. The second-order valence-electron chi connectivity index (χ2n) is 7.67. The van der Waals surface area contributed by atoms with E-state index >= 15 is 0 Å². The van der Waals surface area contributed by atoms with Crippen molar-refractivity contribution in [2.24, 2.45) is 5.92 Å². The quantitative estimate of drug-likeness (QED) is 0.752. The lowest BCUT2D eigenvalue weighted by molar-refractivity contribution is 0.0148. The Morgan fingerprint density at radius 1 is 1.21 bits per heavy atom. The van der Waals surface area contributed by atoms with Crippen molar-refractivity contribution in [3.05, 3.63) is 60.4 Å². The van der Waals surface area contributed by atoms with Gasteiger partial charge in [0.2, 0.25) is 0 Å². The lowest BCUT2D eigenvalue weighted by Crippen LogP contribution is -2.64. The summed E-state index contributed by atoms with van der Waals surface area (Å²) < 4.78 is 11.1. The van der Waals surface area contributed by atoms with E-state index in [2.05, 4.69) is 21.3 Å². The minimum absolute atomic E-state index is 0.0691. The Morgan fingerprint density at radius 3 is 2.86 bits per heavy atom. The molecule has 3 aliphatic heterocycles. The lowest BCUT2D eigenvalue weighted by Gasteiger charge is -2.51. The number of nitrogens with zero attached hydrogens (tertiary/aromatic N) is 2. The van der Waals surface area contributed by atoms with Crippen LogP contribution in [0.5, 0.6) is 5.95 Å². The first-order valence-electron chi connectivity index (χ1n) is 9.86. The molecule has 6 nitrogen and oxygen atoms in total. The predicted octanol–water partition coefficient (Wildman–Crippen LogP) is 3.62. The van der Waals surface area contributed by atoms with Crippen LogP contribution in [0.2, 0.25) is 0 Å². The van der Waals surface area contributed by atoms with E-state index in [-0.39, 0.29) is 18.0 Å². The summed E-state index contributed by atoms with van der Waals surface area (Å²) in [7, 11) is 0. The van der Waals surface area contributed by atoms with Gasteiger partial charge in [0, 0.05) is 29.9 Å². The van der Waals surface area contributed by atoms with Crippen LogP contribution in [-0.4, -0.2) is 41.2 Å². The van der Waals surface area contributed by atoms with Crippen molar-refractivity contribution in [2.45, 2.75) is 31.3 Å². The van der Waals surface area contributed by atoms with E-state index in [1.165, 1.54) is 5.56 Å². The number of nitrogens with one attached hydrogen (secondary N) is 1. The molecule has 3 saturated heterocycles. The zero-order valence-corrected chi connectivity index (χ0v) is 15.6. The Hall–Kier alpha value is -2.86. The molecule has 144 valence electrons. The number of piperidine rings is 3. The van der Waals surface area contributed by atoms with Crippen molar-refractivity contribution >= 4 is 17.1 Å². The third-order valence-corrected chi connectivity index (χ3v) is 6.01. The number of furan rings is 1. The van der Waals surface area contributed by atoms with Crippen LogP contribution in [0.1, 0.15) is 18.4 Å². The predicted molar refractivity (Wildman–Crippen MR) is 105 cm³/mol. The van der Waals surface area contributed by atoms with Gasteiger partial charge in [0.25, 0.3) is 5.95 Å². The van der Waals surface area contributed by atoms with Crippen LogP contribution < -0.4 is 10.1 Å². The van der Waals surface area contributed by atoms with Gasteiger partial charge < -0.3 is 14.5 Å². The number of hydrogen-bond acceptors (Lipinski definition) is 5. The van der Waals surface area contributed by atoms with Crippen molar-refractivity contribution in [2.75, 3.05) is 13.1 Å². The summed E-state index contributed by atoms with van der Waals surface area (Å²) in [6.07, 6.45) is 6.34. The smallest absolute Gasteiger partial charge is 0.415 e. The monoisotopic (exact) mass is 377 g/mol. The molecule has 1 amide bonds. The van der Waals surface area contributed by atoms with Gasteiger partial charge in [-0.15, -0.1) is 0 Å². The Labute approximate surface area is 163 Å².